The molecule has 0 saturated carbocycles. The number of allylic oxidation sites excluding steroid dienone is 1. The van der Waals surface area contributed by atoms with E-state index in [1.807, 2.05) is 0 Å². The minimum absolute atomic E-state index is 0.00162. The number of benzene rings is 1. The number of hydrogen-bond donors (Lipinski definition) is 1. The van der Waals surface area contributed by atoms with Crippen molar-refractivity contribution in [2.45, 2.75) is 46.6 Å². The van der Waals surface area contributed by atoms with Gasteiger partial charge >= 0.3 is 0 Å². The van der Waals surface area contributed by atoms with Crippen LogP contribution < -0.4 is 5.32 Å². The quantitative estimate of drug-likeness (QED) is 0.746. The van der Waals surface area contributed by atoms with Crippen molar-refractivity contribution in [3.8, 4) is 0 Å². The Morgan fingerprint density at radius 3 is 2.78 bits per heavy atom. The number of rotatable bonds is 7. The Morgan fingerprint density at radius 1 is 1.44 bits per heavy atom. The first-order valence-electron chi connectivity index (χ1n) is 9.02. The molecule has 1 N–H and O–H groups in total. The second-order valence-corrected chi connectivity index (χ2v) is 8.27. The molecule has 1 unspecified atom stereocenters. The van der Waals surface area contributed by atoms with Gasteiger partial charge in [-0.05, 0) is 44.9 Å². The molecule has 0 aromatic heterocycles. The first-order chi connectivity index (χ1) is 12.7. The molecule has 27 heavy (non-hydrogen) atoms. The van der Waals surface area contributed by atoms with Crippen LogP contribution in [0.15, 0.2) is 34.9 Å². The third kappa shape index (κ3) is 5.03. The summed E-state index contributed by atoms with van der Waals surface area (Å²) in [7, 11) is 0. The molecule has 0 spiro atoms. The van der Waals surface area contributed by atoms with E-state index in [1.54, 1.807) is 26.8 Å². The summed E-state index contributed by atoms with van der Waals surface area (Å²) < 4.78 is 19.0. The van der Waals surface area contributed by atoms with E-state index in [0.29, 0.717) is 22.3 Å². The molecule has 0 radical (unpaired) electrons. The fourth-order valence-electron chi connectivity index (χ4n) is 2.45. The number of nitrogens with one attached hydrogen (secondary N) is 1. The number of nitrogens with zero attached hydrogens (tertiary/aromatic N) is 1. The van der Waals surface area contributed by atoms with Crippen LogP contribution in [0.25, 0.3) is 0 Å². The first kappa shape index (κ1) is 21.3. The van der Waals surface area contributed by atoms with E-state index in [9.17, 15) is 14.0 Å². The zero-order valence-electron chi connectivity index (χ0n) is 16.5. The number of amides is 2. The molecular weight excluding hydrogens is 367 g/mol. The van der Waals surface area contributed by atoms with Gasteiger partial charge in [-0.1, -0.05) is 26.3 Å². The summed E-state index contributed by atoms with van der Waals surface area (Å²) in [6.45, 7) is 9.32. The summed E-state index contributed by atoms with van der Waals surface area (Å²) >= 11 is 1.47. The van der Waals surface area contributed by atoms with Gasteiger partial charge in [-0.3, -0.25) is 14.5 Å². The summed E-state index contributed by atoms with van der Waals surface area (Å²) in [5.41, 5.74) is -0.816. The van der Waals surface area contributed by atoms with Crippen LogP contribution in [0.2, 0.25) is 0 Å². The normalized spacial score (nSPS) is 16.2. The third-order valence-corrected chi connectivity index (χ3v) is 6.18. The highest BCUT2D eigenvalue weighted by Gasteiger charge is 2.42. The number of anilines is 1. The van der Waals surface area contributed by atoms with Crippen LogP contribution in [-0.4, -0.2) is 34.7 Å². The molecule has 0 aliphatic carbocycles. The van der Waals surface area contributed by atoms with Crippen LogP contribution in [0.5, 0.6) is 0 Å². The van der Waals surface area contributed by atoms with Gasteiger partial charge in [0.15, 0.2) is 6.73 Å². The molecule has 0 bridgehead atoms. The topological polar surface area (TPSA) is 58.6 Å². The van der Waals surface area contributed by atoms with Gasteiger partial charge in [0.25, 0.3) is 5.91 Å². The molecule has 1 aliphatic rings. The third-order valence-electron chi connectivity index (χ3n) is 4.69. The van der Waals surface area contributed by atoms with Gasteiger partial charge in [0, 0.05) is 11.4 Å². The fraction of sp³-hybridized carbons (Fsp3) is 0.500. The standard InChI is InChI=1S/C20H27FN2O3S/c1-6-13(2)11-27-17-14(3)26-12-23(18(17)24)20(4,5)19(25)22-16-9-7-8-15(21)10-16/h7-10,13H,6,11-12H2,1-5H3,(H,22,25). The van der Waals surface area contributed by atoms with E-state index in [2.05, 4.69) is 19.2 Å². The van der Waals surface area contributed by atoms with E-state index in [0.717, 1.165) is 12.2 Å². The maximum atomic E-state index is 13.4. The molecular formula is C20H27FN2O3S. The SMILES string of the molecule is CCC(C)CSC1=C(C)OCN(C(C)(C)C(=O)Nc2cccc(F)c2)C1=O. The number of halogens is 1. The Kier molecular flexibility index (Phi) is 6.92. The Balaban J connectivity index is 2.15. The van der Waals surface area contributed by atoms with Crippen molar-refractivity contribution in [2.24, 2.45) is 5.92 Å². The minimum atomic E-state index is -1.16. The average molecular weight is 395 g/mol. The van der Waals surface area contributed by atoms with Crippen LogP contribution in [0.3, 0.4) is 0 Å². The van der Waals surface area contributed by atoms with E-state index >= 15 is 0 Å². The molecule has 148 valence electrons. The second kappa shape index (κ2) is 8.78. The van der Waals surface area contributed by atoms with E-state index < -0.39 is 17.3 Å². The van der Waals surface area contributed by atoms with Crippen molar-refractivity contribution in [1.29, 1.82) is 0 Å². The van der Waals surface area contributed by atoms with Gasteiger partial charge < -0.3 is 10.1 Å². The van der Waals surface area contributed by atoms with Gasteiger partial charge in [-0.2, -0.15) is 0 Å². The lowest BCUT2D eigenvalue weighted by Crippen LogP contribution is -2.57. The number of carbonyl (C=O) groups is 2. The summed E-state index contributed by atoms with van der Waals surface area (Å²) in [4.78, 5) is 27.8. The molecule has 1 heterocycles. The van der Waals surface area contributed by atoms with Crippen molar-refractivity contribution >= 4 is 29.3 Å². The molecule has 5 nitrogen and oxygen atoms in total. The molecule has 7 heteroatoms. The van der Waals surface area contributed by atoms with Crippen LogP contribution in [0.4, 0.5) is 10.1 Å². The Morgan fingerprint density at radius 2 is 2.15 bits per heavy atom. The predicted molar refractivity (Wildman–Crippen MR) is 107 cm³/mol. The molecule has 1 aromatic carbocycles. The largest absolute Gasteiger partial charge is 0.476 e. The molecule has 1 atom stereocenters. The van der Waals surface area contributed by atoms with Gasteiger partial charge in [0.05, 0.1) is 0 Å². The Hall–Kier alpha value is -2.02. The zero-order valence-corrected chi connectivity index (χ0v) is 17.3. The zero-order chi connectivity index (χ0) is 20.2. The summed E-state index contributed by atoms with van der Waals surface area (Å²) in [5.74, 6) is 0.809. The second-order valence-electron chi connectivity index (χ2n) is 7.24. The van der Waals surface area contributed by atoms with Crippen LogP contribution >= 0.6 is 11.8 Å². The Labute approximate surface area is 164 Å². The smallest absolute Gasteiger partial charge is 0.267 e. The first-order valence-corrected chi connectivity index (χ1v) is 10.0. The summed E-state index contributed by atoms with van der Waals surface area (Å²) in [6.07, 6.45) is 1.03. The Bertz CT molecular complexity index is 748. The lowest BCUT2D eigenvalue weighted by atomic mass is 10.0. The maximum absolute atomic E-state index is 13.4. The molecule has 1 aliphatic heterocycles. The highest BCUT2D eigenvalue weighted by atomic mass is 32.2. The molecule has 0 fully saturated rings. The van der Waals surface area contributed by atoms with E-state index in [1.165, 1.54) is 34.9 Å². The maximum Gasteiger partial charge on any atom is 0.267 e. The van der Waals surface area contributed by atoms with Gasteiger partial charge in [0.1, 0.15) is 22.0 Å². The average Bonchev–Trinajstić information content (AvgIpc) is 2.60. The van der Waals surface area contributed by atoms with Crippen molar-refractivity contribution in [2.75, 3.05) is 17.8 Å². The molecule has 2 rings (SSSR count). The van der Waals surface area contributed by atoms with Crippen molar-refractivity contribution in [3.63, 3.8) is 0 Å². The molecule has 0 saturated heterocycles. The van der Waals surface area contributed by atoms with Crippen LogP contribution in [0, 0.1) is 11.7 Å². The van der Waals surface area contributed by atoms with Crippen molar-refractivity contribution < 1.29 is 18.7 Å². The van der Waals surface area contributed by atoms with E-state index in [-0.39, 0.29) is 12.6 Å². The number of thioether (sulfide) groups is 1. The molecule has 1 aromatic rings. The van der Waals surface area contributed by atoms with Crippen LogP contribution in [0.1, 0.15) is 41.0 Å². The van der Waals surface area contributed by atoms with Gasteiger partial charge in [-0.15, -0.1) is 11.8 Å². The number of carbonyl (C=O) groups excluding carboxylic acids is 2. The van der Waals surface area contributed by atoms with Crippen LogP contribution in [-0.2, 0) is 14.3 Å². The predicted octanol–water partition coefficient (Wildman–Crippen LogP) is 4.37. The highest BCUT2D eigenvalue weighted by molar-refractivity contribution is 8.04. The lowest BCUT2D eigenvalue weighted by molar-refractivity contribution is -0.148. The van der Waals surface area contributed by atoms with Gasteiger partial charge in [-0.25, -0.2) is 4.39 Å². The summed E-state index contributed by atoms with van der Waals surface area (Å²) in [6, 6.07) is 5.66. The minimum Gasteiger partial charge on any atom is -0.476 e. The fourth-order valence-corrected chi connectivity index (χ4v) is 3.64. The van der Waals surface area contributed by atoms with E-state index in [4.69, 9.17) is 4.74 Å². The van der Waals surface area contributed by atoms with Crippen molar-refractivity contribution in [3.05, 3.63) is 40.7 Å². The monoisotopic (exact) mass is 394 g/mol. The number of ether oxygens (including phenoxy) is 1. The highest BCUT2D eigenvalue weighted by Crippen LogP contribution is 2.32. The van der Waals surface area contributed by atoms with Crippen molar-refractivity contribution in [1.82, 2.24) is 4.90 Å². The van der Waals surface area contributed by atoms with Gasteiger partial charge in [0.2, 0.25) is 5.91 Å². The number of hydrogen-bond acceptors (Lipinski definition) is 4. The molecule has 2 amide bonds. The lowest BCUT2D eigenvalue weighted by Gasteiger charge is -2.40. The summed E-state index contributed by atoms with van der Waals surface area (Å²) in [5, 5.41) is 2.68.